The van der Waals surface area contributed by atoms with Gasteiger partial charge in [-0.15, -0.1) is 0 Å². The van der Waals surface area contributed by atoms with Crippen molar-refractivity contribution >= 4 is 39.1 Å². The van der Waals surface area contributed by atoms with Crippen LogP contribution in [0.1, 0.15) is 23.8 Å². The van der Waals surface area contributed by atoms with Crippen molar-refractivity contribution < 1.29 is 9.18 Å². The van der Waals surface area contributed by atoms with Crippen molar-refractivity contribution in [1.29, 1.82) is 0 Å². The van der Waals surface area contributed by atoms with Gasteiger partial charge in [-0.05, 0) is 46.6 Å². The van der Waals surface area contributed by atoms with Crippen LogP contribution in [-0.2, 0) is 6.54 Å². The third kappa shape index (κ3) is 3.41. The maximum atomic E-state index is 13.3. The normalized spacial score (nSPS) is 10.6. The lowest BCUT2D eigenvalue weighted by molar-refractivity contribution is 0.101. The highest BCUT2D eigenvalue weighted by atomic mass is 79.9. The molecule has 6 heteroatoms. The van der Waals surface area contributed by atoms with Gasteiger partial charge in [-0.3, -0.25) is 4.79 Å². The van der Waals surface area contributed by atoms with E-state index in [1.54, 1.807) is 12.1 Å². The molecule has 0 aliphatic heterocycles. The van der Waals surface area contributed by atoms with Crippen molar-refractivity contribution in [2.45, 2.75) is 19.9 Å². The number of nitrogens with one attached hydrogen (secondary N) is 1. The number of hydrogen-bond acceptors (Lipinski definition) is 1. The van der Waals surface area contributed by atoms with Gasteiger partial charge in [0.2, 0.25) is 0 Å². The molecule has 0 bridgehead atoms. The Morgan fingerprint density at radius 1 is 1.45 bits per heavy atom. The third-order valence-electron chi connectivity index (χ3n) is 2.74. The zero-order chi connectivity index (χ0) is 14.7. The van der Waals surface area contributed by atoms with E-state index in [9.17, 15) is 9.18 Å². The summed E-state index contributed by atoms with van der Waals surface area (Å²) in [7, 11) is 0. The second-order valence-electron chi connectivity index (χ2n) is 4.32. The second-order valence-corrected chi connectivity index (χ2v) is 5.64. The molecule has 0 unspecified atom stereocenters. The quantitative estimate of drug-likeness (QED) is 0.843. The van der Waals surface area contributed by atoms with Gasteiger partial charge in [-0.1, -0.05) is 18.5 Å². The van der Waals surface area contributed by atoms with Gasteiger partial charge in [-0.25, -0.2) is 4.39 Å². The molecule has 0 saturated heterocycles. The standard InChI is InChI=1S/C14H13BrClFN2O/c1-2-5-19-8-9(15)6-13(19)14(20)18-10-3-4-11(16)12(17)7-10/h3-4,6-8H,2,5H2,1H3,(H,18,20). The summed E-state index contributed by atoms with van der Waals surface area (Å²) in [6.07, 6.45) is 2.76. The molecule has 1 N–H and O–H groups in total. The smallest absolute Gasteiger partial charge is 0.272 e. The molecule has 0 saturated carbocycles. The van der Waals surface area contributed by atoms with Gasteiger partial charge in [0.25, 0.3) is 5.91 Å². The number of aromatic nitrogens is 1. The number of rotatable bonds is 4. The summed E-state index contributed by atoms with van der Waals surface area (Å²) in [4.78, 5) is 12.2. The minimum Gasteiger partial charge on any atom is -0.342 e. The maximum absolute atomic E-state index is 13.3. The molecule has 1 aromatic carbocycles. The molecule has 1 heterocycles. The highest BCUT2D eigenvalue weighted by Gasteiger charge is 2.13. The summed E-state index contributed by atoms with van der Waals surface area (Å²) in [5.41, 5.74) is 0.895. The molecule has 106 valence electrons. The predicted molar refractivity (Wildman–Crippen MR) is 81.8 cm³/mol. The monoisotopic (exact) mass is 358 g/mol. The summed E-state index contributed by atoms with van der Waals surface area (Å²) in [6, 6.07) is 5.90. The fraction of sp³-hybridized carbons (Fsp3) is 0.214. The van der Waals surface area contributed by atoms with Crippen LogP contribution in [0.15, 0.2) is 34.9 Å². The molecule has 0 spiro atoms. The number of aryl methyl sites for hydroxylation is 1. The molecule has 0 aliphatic carbocycles. The van der Waals surface area contributed by atoms with Crippen LogP contribution in [-0.4, -0.2) is 10.5 Å². The average Bonchev–Trinajstić information content (AvgIpc) is 2.75. The number of hydrogen-bond donors (Lipinski definition) is 1. The summed E-state index contributed by atoms with van der Waals surface area (Å²) < 4.78 is 16.0. The van der Waals surface area contributed by atoms with Crippen LogP contribution >= 0.6 is 27.5 Å². The van der Waals surface area contributed by atoms with Gasteiger partial charge in [0.05, 0.1) is 5.02 Å². The molecule has 1 aromatic heterocycles. The van der Waals surface area contributed by atoms with E-state index in [-0.39, 0.29) is 10.9 Å². The first-order valence-electron chi connectivity index (χ1n) is 6.13. The molecule has 1 amide bonds. The van der Waals surface area contributed by atoms with E-state index < -0.39 is 5.82 Å². The number of benzene rings is 1. The van der Waals surface area contributed by atoms with Crippen LogP contribution in [0.2, 0.25) is 5.02 Å². The van der Waals surface area contributed by atoms with Crippen LogP contribution in [0.25, 0.3) is 0 Å². The van der Waals surface area contributed by atoms with E-state index in [0.717, 1.165) is 17.4 Å². The van der Waals surface area contributed by atoms with Crippen molar-refractivity contribution in [1.82, 2.24) is 4.57 Å². The number of carbonyl (C=O) groups excluding carboxylic acids is 1. The minimum atomic E-state index is -0.561. The first-order valence-corrected chi connectivity index (χ1v) is 7.30. The molecule has 0 aliphatic rings. The number of carbonyl (C=O) groups is 1. The fourth-order valence-corrected chi connectivity index (χ4v) is 2.44. The number of amides is 1. The molecule has 2 aromatic rings. The molecule has 3 nitrogen and oxygen atoms in total. The van der Waals surface area contributed by atoms with Crippen LogP contribution in [0.5, 0.6) is 0 Å². The second kappa shape index (κ2) is 6.41. The van der Waals surface area contributed by atoms with E-state index >= 15 is 0 Å². The largest absolute Gasteiger partial charge is 0.342 e. The van der Waals surface area contributed by atoms with Gasteiger partial charge in [-0.2, -0.15) is 0 Å². The Hall–Kier alpha value is -1.33. The van der Waals surface area contributed by atoms with Crippen molar-refractivity contribution in [3.05, 3.63) is 51.5 Å². The van der Waals surface area contributed by atoms with Crippen molar-refractivity contribution in [2.24, 2.45) is 0 Å². The van der Waals surface area contributed by atoms with Gasteiger partial charge in [0.1, 0.15) is 11.5 Å². The highest BCUT2D eigenvalue weighted by molar-refractivity contribution is 9.10. The van der Waals surface area contributed by atoms with Crippen LogP contribution in [0.4, 0.5) is 10.1 Å². The number of nitrogens with zero attached hydrogens (tertiary/aromatic N) is 1. The first-order chi connectivity index (χ1) is 9.51. The SMILES string of the molecule is CCCn1cc(Br)cc1C(=O)Nc1ccc(Cl)c(F)c1. The topological polar surface area (TPSA) is 34.0 Å². The molecule has 0 radical (unpaired) electrons. The minimum absolute atomic E-state index is 0.0279. The van der Waals surface area contributed by atoms with Crippen LogP contribution in [0.3, 0.4) is 0 Å². The molecule has 2 rings (SSSR count). The maximum Gasteiger partial charge on any atom is 0.272 e. The Kier molecular flexibility index (Phi) is 4.83. The molecular formula is C14H13BrClFN2O. The zero-order valence-corrected chi connectivity index (χ0v) is 13.1. The Bertz CT molecular complexity index is 642. The van der Waals surface area contributed by atoms with Crippen LogP contribution in [0, 0.1) is 5.82 Å². The number of anilines is 1. The van der Waals surface area contributed by atoms with Gasteiger partial charge >= 0.3 is 0 Å². The van der Waals surface area contributed by atoms with Gasteiger partial charge in [0, 0.05) is 22.9 Å². The number of halogens is 3. The van der Waals surface area contributed by atoms with E-state index in [2.05, 4.69) is 21.2 Å². The highest BCUT2D eigenvalue weighted by Crippen LogP contribution is 2.21. The summed E-state index contributed by atoms with van der Waals surface area (Å²) in [6.45, 7) is 2.77. The Balaban J connectivity index is 2.21. The summed E-state index contributed by atoms with van der Waals surface area (Å²) >= 11 is 8.96. The zero-order valence-electron chi connectivity index (χ0n) is 10.8. The Morgan fingerprint density at radius 2 is 2.20 bits per heavy atom. The van der Waals surface area contributed by atoms with E-state index in [0.29, 0.717) is 11.4 Å². The average molecular weight is 360 g/mol. The van der Waals surface area contributed by atoms with Crippen molar-refractivity contribution in [3.63, 3.8) is 0 Å². The third-order valence-corrected chi connectivity index (χ3v) is 3.48. The molecule has 20 heavy (non-hydrogen) atoms. The van der Waals surface area contributed by atoms with Gasteiger partial charge in [0.15, 0.2) is 0 Å². The van der Waals surface area contributed by atoms with Crippen molar-refractivity contribution in [3.8, 4) is 0 Å². The lowest BCUT2D eigenvalue weighted by atomic mass is 10.3. The first kappa shape index (κ1) is 15.1. The Morgan fingerprint density at radius 3 is 2.85 bits per heavy atom. The molecule has 0 fully saturated rings. The van der Waals surface area contributed by atoms with E-state index in [1.165, 1.54) is 12.1 Å². The van der Waals surface area contributed by atoms with Crippen LogP contribution < -0.4 is 5.32 Å². The molecular weight excluding hydrogens is 347 g/mol. The lowest BCUT2D eigenvalue weighted by Gasteiger charge is -2.09. The summed E-state index contributed by atoms with van der Waals surface area (Å²) in [5.74, 6) is -0.847. The lowest BCUT2D eigenvalue weighted by Crippen LogP contribution is -2.16. The predicted octanol–water partition coefficient (Wildman–Crippen LogP) is 4.71. The Labute approximate surface area is 129 Å². The van der Waals surface area contributed by atoms with Gasteiger partial charge < -0.3 is 9.88 Å². The van der Waals surface area contributed by atoms with Crippen molar-refractivity contribution in [2.75, 3.05) is 5.32 Å². The van der Waals surface area contributed by atoms with E-state index in [1.807, 2.05) is 17.7 Å². The fourth-order valence-electron chi connectivity index (χ4n) is 1.86. The molecule has 0 atom stereocenters. The summed E-state index contributed by atoms with van der Waals surface area (Å²) in [5, 5.41) is 2.69. The van der Waals surface area contributed by atoms with E-state index in [4.69, 9.17) is 11.6 Å².